The molecule has 2 aromatic carbocycles. The van der Waals surface area contributed by atoms with Gasteiger partial charge < -0.3 is 15.5 Å². The van der Waals surface area contributed by atoms with Gasteiger partial charge >= 0.3 is 0 Å². The van der Waals surface area contributed by atoms with Gasteiger partial charge in [-0.1, -0.05) is 0 Å². The predicted molar refractivity (Wildman–Crippen MR) is 122 cm³/mol. The monoisotopic (exact) mass is 430 g/mol. The van der Waals surface area contributed by atoms with Gasteiger partial charge in [0.05, 0.1) is 11.4 Å². The SMILES string of the molecule is CC(C)NS(=O)(=O)c1ccc(NCC(=O)Nc2ccc(N3CCCCC3)cc2)cc1. The Kier molecular flexibility index (Phi) is 7.33. The van der Waals surface area contributed by atoms with E-state index >= 15 is 0 Å². The standard InChI is InChI=1S/C22H30N4O3S/c1-17(2)25-30(28,29)21-12-8-18(9-13-21)23-16-22(27)24-19-6-10-20(11-7-19)26-14-4-3-5-15-26/h6-13,17,23,25H,3-5,14-16H2,1-2H3,(H,24,27). The molecule has 0 unspecified atom stereocenters. The summed E-state index contributed by atoms with van der Waals surface area (Å²) in [6.07, 6.45) is 3.75. The van der Waals surface area contributed by atoms with E-state index in [1.165, 1.54) is 37.1 Å². The first kappa shape index (κ1) is 22.1. The van der Waals surface area contributed by atoms with E-state index in [4.69, 9.17) is 0 Å². The molecule has 1 aliphatic rings. The van der Waals surface area contributed by atoms with Gasteiger partial charge in [0.2, 0.25) is 15.9 Å². The van der Waals surface area contributed by atoms with E-state index in [1.807, 2.05) is 24.3 Å². The Morgan fingerprint density at radius 3 is 2.13 bits per heavy atom. The Morgan fingerprint density at radius 1 is 0.933 bits per heavy atom. The number of piperidine rings is 1. The van der Waals surface area contributed by atoms with Crippen molar-refractivity contribution < 1.29 is 13.2 Å². The number of benzene rings is 2. The number of rotatable bonds is 8. The molecule has 7 nitrogen and oxygen atoms in total. The van der Waals surface area contributed by atoms with Gasteiger partial charge in [-0.3, -0.25) is 4.79 Å². The van der Waals surface area contributed by atoms with E-state index in [2.05, 4.69) is 20.3 Å². The van der Waals surface area contributed by atoms with Crippen molar-refractivity contribution in [2.45, 2.75) is 44.0 Å². The van der Waals surface area contributed by atoms with Crippen molar-refractivity contribution >= 4 is 33.0 Å². The molecule has 1 fully saturated rings. The first-order chi connectivity index (χ1) is 14.3. The zero-order valence-corrected chi connectivity index (χ0v) is 18.3. The van der Waals surface area contributed by atoms with Gasteiger partial charge in [-0.15, -0.1) is 0 Å². The molecule has 30 heavy (non-hydrogen) atoms. The Hall–Kier alpha value is -2.58. The lowest BCUT2D eigenvalue weighted by Crippen LogP contribution is -2.30. The van der Waals surface area contributed by atoms with Crippen molar-refractivity contribution in [3.63, 3.8) is 0 Å². The average molecular weight is 431 g/mol. The van der Waals surface area contributed by atoms with E-state index in [1.54, 1.807) is 26.0 Å². The van der Waals surface area contributed by atoms with Crippen LogP contribution in [0.15, 0.2) is 53.4 Å². The summed E-state index contributed by atoms with van der Waals surface area (Å²) in [4.78, 5) is 14.8. The molecule has 0 saturated carbocycles. The van der Waals surface area contributed by atoms with Gasteiger partial charge in [-0.2, -0.15) is 0 Å². The van der Waals surface area contributed by atoms with Crippen LogP contribution >= 0.6 is 0 Å². The van der Waals surface area contributed by atoms with Crippen molar-refractivity contribution in [2.75, 3.05) is 35.2 Å². The van der Waals surface area contributed by atoms with Crippen molar-refractivity contribution in [1.29, 1.82) is 0 Å². The van der Waals surface area contributed by atoms with Crippen LogP contribution in [0.3, 0.4) is 0 Å². The molecule has 0 aromatic heterocycles. The fourth-order valence-electron chi connectivity index (χ4n) is 3.43. The molecule has 0 spiro atoms. The topological polar surface area (TPSA) is 90.5 Å². The fourth-order valence-corrected chi connectivity index (χ4v) is 4.68. The van der Waals surface area contributed by atoms with E-state index < -0.39 is 10.0 Å². The van der Waals surface area contributed by atoms with Crippen LogP contribution in [-0.2, 0) is 14.8 Å². The van der Waals surface area contributed by atoms with Gasteiger partial charge in [0.1, 0.15) is 0 Å². The third kappa shape index (κ3) is 6.21. The largest absolute Gasteiger partial charge is 0.376 e. The Morgan fingerprint density at radius 2 is 1.53 bits per heavy atom. The Balaban J connectivity index is 1.49. The second-order valence-corrected chi connectivity index (χ2v) is 9.51. The molecule has 3 N–H and O–H groups in total. The van der Waals surface area contributed by atoms with Crippen molar-refractivity contribution in [1.82, 2.24) is 4.72 Å². The normalized spacial score (nSPS) is 14.6. The fraction of sp³-hybridized carbons (Fsp3) is 0.409. The van der Waals surface area contributed by atoms with Crippen LogP contribution in [-0.4, -0.2) is 40.0 Å². The van der Waals surface area contributed by atoms with Gasteiger partial charge in [-0.05, 0) is 81.6 Å². The first-order valence-electron chi connectivity index (χ1n) is 10.3. The maximum Gasteiger partial charge on any atom is 0.243 e. The number of sulfonamides is 1. The van der Waals surface area contributed by atoms with Crippen LogP contribution in [0.1, 0.15) is 33.1 Å². The molecular formula is C22H30N4O3S. The average Bonchev–Trinajstić information content (AvgIpc) is 2.73. The summed E-state index contributed by atoms with van der Waals surface area (Å²) in [5, 5.41) is 5.89. The van der Waals surface area contributed by atoms with Crippen LogP contribution in [0, 0.1) is 0 Å². The number of nitrogens with one attached hydrogen (secondary N) is 3. The summed E-state index contributed by atoms with van der Waals surface area (Å²) in [5.41, 5.74) is 2.62. The number of hydrogen-bond acceptors (Lipinski definition) is 5. The second kappa shape index (κ2) is 9.95. The molecule has 1 aliphatic heterocycles. The van der Waals surface area contributed by atoms with Crippen molar-refractivity contribution in [3.05, 3.63) is 48.5 Å². The van der Waals surface area contributed by atoms with Crippen LogP contribution in [0.2, 0.25) is 0 Å². The molecule has 3 rings (SSSR count). The smallest absolute Gasteiger partial charge is 0.243 e. The third-order valence-corrected chi connectivity index (χ3v) is 6.56. The van der Waals surface area contributed by atoms with Gasteiger partial charge in [0.15, 0.2) is 0 Å². The minimum absolute atomic E-state index is 0.0875. The van der Waals surface area contributed by atoms with E-state index in [9.17, 15) is 13.2 Å². The summed E-state index contributed by atoms with van der Waals surface area (Å²) < 4.78 is 26.8. The summed E-state index contributed by atoms with van der Waals surface area (Å²) in [6, 6.07) is 14.1. The summed E-state index contributed by atoms with van der Waals surface area (Å²) in [6.45, 7) is 5.80. The van der Waals surface area contributed by atoms with Gasteiger partial charge in [0.25, 0.3) is 0 Å². The maximum absolute atomic E-state index is 12.2. The lowest BCUT2D eigenvalue weighted by Gasteiger charge is -2.28. The molecule has 1 heterocycles. The van der Waals surface area contributed by atoms with E-state index in [0.717, 1.165) is 18.8 Å². The highest BCUT2D eigenvalue weighted by Gasteiger charge is 2.15. The molecule has 1 amide bonds. The molecule has 0 aliphatic carbocycles. The summed E-state index contributed by atoms with van der Waals surface area (Å²) >= 11 is 0. The number of amides is 1. The molecule has 162 valence electrons. The molecule has 1 saturated heterocycles. The summed E-state index contributed by atoms with van der Waals surface area (Å²) in [7, 11) is -3.52. The molecular weight excluding hydrogens is 400 g/mol. The minimum atomic E-state index is -3.52. The Bertz CT molecular complexity index is 935. The number of nitrogens with zero attached hydrogens (tertiary/aromatic N) is 1. The minimum Gasteiger partial charge on any atom is -0.376 e. The quantitative estimate of drug-likeness (QED) is 0.597. The molecule has 0 atom stereocenters. The highest BCUT2D eigenvalue weighted by atomic mass is 32.2. The van der Waals surface area contributed by atoms with Gasteiger partial charge in [-0.25, -0.2) is 13.1 Å². The van der Waals surface area contributed by atoms with Crippen molar-refractivity contribution in [3.8, 4) is 0 Å². The first-order valence-corrected chi connectivity index (χ1v) is 11.8. The number of hydrogen-bond donors (Lipinski definition) is 3. The third-order valence-electron chi connectivity index (χ3n) is 4.88. The molecule has 0 radical (unpaired) electrons. The van der Waals surface area contributed by atoms with Crippen LogP contribution in [0.5, 0.6) is 0 Å². The predicted octanol–water partition coefficient (Wildman–Crippen LogP) is 3.41. The lowest BCUT2D eigenvalue weighted by molar-refractivity contribution is -0.114. The number of anilines is 3. The highest BCUT2D eigenvalue weighted by Crippen LogP contribution is 2.22. The highest BCUT2D eigenvalue weighted by molar-refractivity contribution is 7.89. The Labute approximate surface area is 178 Å². The zero-order chi connectivity index (χ0) is 21.6. The molecule has 8 heteroatoms. The zero-order valence-electron chi connectivity index (χ0n) is 17.5. The lowest BCUT2D eigenvalue weighted by atomic mass is 10.1. The van der Waals surface area contributed by atoms with E-state index in [-0.39, 0.29) is 23.4 Å². The second-order valence-electron chi connectivity index (χ2n) is 7.80. The number of carbonyl (C=O) groups excluding carboxylic acids is 1. The molecule has 2 aromatic rings. The molecule has 0 bridgehead atoms. The van der Waals surface area contributed by atoms with Crippen LogP contribution in [0.25, 0.3) is 0 Å². The van der Waals surface area contributed by atoms with E-state index in [0.29, 0.717) is 5.69 Å². The van der Waals surface area contributed by atoms with Crippen LogP contribution in [0.4, 0.5) is 17.1 Å². The van der Waals surface area contributed by atoms with Crippen LogP contribution < -0.4 is 20.3 Å². The number of carbonyl (C=O) groups is 1. The van der Waals surface area contributed by atoms with Gasteiger partial charge in [0, 0.05) is 36.2 Å². The maximum atomic E-state index is 12.2. The summed E-state index contributed by atoms with van der Waals surface area (Å²) in [5.74, 6) is -0.168. The van der Waals surface area contributed by atoms with Crippen molar-refractivity contribution in [2.24, 2.45) is 0 Å².